The first kappa shape index (κ1) is 23.1. The first-order valence-corrected chi connectivity index (χ1v) is 12.9. The summed E-state index contributed by atoms with van der Waals surface area (Å²) in [6, 6.07) is 21.7. The minimum absolute atomic E-state index is 0.00607. The highest BCUT2D eigenvalue weighted by atomic mass is 32.2. The van der Waals surface area contributed by atoms with E-state index in [9.17, 15) is 18.0 Å². The van der Waals surface area contributed by atoms with E-state index in [1.807, 2.05) is 48.5 Å². The molecule has 0 spiro atoms. The van der Waals surface area contributed by atoms with Crippen molar-refractivity contribution in [1.82, 2.24) is 14.5 Å². The Morgan fingerprint density at radius 3 is 2.20 bits per heavy atom. The number of fused-ring (bicyclic) bond motifs is 2. The predicted octanol–water partition coefficient (Wildman–Crippen LogP) is 3.24. The second-order valence-electron chi connectivity index (χ2n) is 8.48. The molecule has 0 unspecified atom stereocenters. The summed E-state index contributed by atoms with van der Waals surface area (Å²) in [6.45, 7) is 1.57. The van der Waals surface area contributed by atoms with E-state index in [2.05, 4.69) is 4.72 Å². The van der Waals surface area contributed by atoms with Gasteiger partial charge in [-0.25, -0.2) is 13.1 Å². The van der Waals surface area contributed by atoms with Crippen molar-refractivity contribution in [3.05, 3.63) is 78.6 Å². The number of nitrogens with zero attached hydrogens (tertiary/aromatic N) is 2. The van der Waals surface area contributed by atoms with E-state index in [-0.39, 0.29) is 35.4 Å². The Balaban J connectivity index is 1.12. The Kier molecular flexibility index (Phi) is 6.27. The quantitative estimate of drug-likeness (QED) is 0.446. The maximum Gasteiger partial charge on any atom is 0.289 e. The van der Waals surface area contributed by atoms with Gasteiger partial charge in [-0.05, 0) is 35.0 Å². The number of rotatable bonds is 6. The zero-order valence-electron chi connectivity index (χ0n) is 19.0. The Labute approximate surface area is 203 Å². The Morgan fingerprint density at radius 2 is 1.46 bits per heavy atom. The SMILES string of the molecule is O=C(CCNS(=O)(=O)c1ccc2ccccc2c1)N1CCN(C(=O)c2cc3ccccc3o2)CC1. The molecule has 4 aromatic rings. The van der Waals surface area contributed by atoms with Crippen LogP contribution in [0.4, 0.5) is 0 Å². The summed E-state index contributed by atoms with van der Waals surface area (Å²) in [6.07, 6.45) is 0.0460. The molecule has 35 heavy (non-hydrogen) atoms. The van der Waals surface area contributed by atoms with Crippen LogP contribution in [0, 0.1) is 0 Å². The van der Waals surface area contributed by atoms with Crippen LogP contribution >= 0.6 is 0 Å². The van der Waals surface area contributed by atoms with Crippen molar-refractivity contribution in [2.45, 2.75) is 11.3 Å². The van der Waals surface area contributed by atoms with Crippen LogP contribution < -0.4 is 4.72 Å². The average molecular weight is 492 g/mol. The third kappa shape index (κ3) is 4.91. The van der Waals surface area contributed by atoms with Gasteiger partial charge in [0.2, 0.25) is 15.9 Å². The van der Waals surface area contributed by atoms with Crippen molar-refractivity contribution < 1.29 is 22.4 Å². The first-order valence-electron chi connectivity index (χ1n) is 11.4. The highest BCUT2D eigenvalue weighted by Gasteiger charge is 2.27. The zero-order chi connectivity index (χ0) is 24.4. The summed E-state index contributed by atoms with van der Waals surface area (Å²) in [7, 11) is -3.72. The predicted molar refractivity (Wildman–Crippen MR) is 132 cm³/mol. The molecule has 0 radical (unpaired) electrons. The fourth-order valence-corrected chi connectivity index (χ4v) is 5.34. The van der Waals surface area contributed by atoms with Gasteiger partial charge in [0.05, 0.1) is 4.90 Å². The van der Waals surface area contributed by atoms with Gasteiger partial charge < -0.3 is 14.2 Å². The van der Waals surface area contributed by atoms with E-state index in [0.717, 1.165) is 16.2 Å². The lowest BCUT2D eigenvalue weighted by atomic mass is 10.1. The number of piperazine rings is 1. The van der Waals surface area contributed by atoms with Gasteiger partial charge in [0.15, 0.2) is 5.76 Å². The van der Waals surface area contributed by atoms with E-state index in [0.29, 0.717) is 31.8 Å². The molecule has 1 aliphatic rings. The monoisotopic (exact) mass is 491 g/mol. The molecule has 0 atom stereocenters. The minimum Gasteiger partial charge on any atom is -0.451 e. The topological polar surface area (TPSA) is 99.9 Å². The summed E-state index contributed by atoms with van der Waals surface area (Å²) < 4.78 is 33.5. The Morgan fingerprint density at radius 1 is 0.800 bits per heavy atom. The number of benzene rings is 3. The molecule has 2 heterocycles. The van der Waals surface area contributed by atoms with E-state index >= 15 is 0 Å². The maximum atomic E-state index is 12.8. The molecule has 1 aliphatic heterocycles. The molecular weight excluding hydrogens is 466 g/mol. The largest absolute Gasteiger partial charge is 0.451 e. The standard InChI is InChI=1S/C26H25N3O5S/c30-25(11-12-27-35(32,33)22-10-9-19-5-1-2-6-20(19)17-22)28-13-15-29(16-14-28)26(31)24-18-21-7-3-4-8-23(21)34-24/h1-10,17-18,27H,11-16H2. The number of nitrogens with one attached hydrogen (secondary N) is 1. The van der Waals surface area contributed by atoms with Crippen LogP contribution in [0.25, 0.3) is 21.7 Å². The van der Waals surface area contributed by atoms with Gasteiger partial charge in [-0.3, -0.25) is 9.59 Å². The summed E-state index contributed by atoms with van der Waals surface area (Å²) in [4.78, 5) is 28.9. The van der Waals surface area contributed by atoms with Crippen LogP contribution in [0.3, 0.4) is 0 Å². The molecule has 0 aliphatic carbocycles. The highest BCUT2D eigenvalue weighted by Crippen LogP contribution is 2.21. The van der Waals surface area contributed by atoms with Crippen LogP contribution in [-0.2, 0) is 14.8 Å². The number of hydrogen-bond acceptors (Lipinski definition) is 5. The van der Waals surface area contributed by atoms with Gasteiger partial charge in [0.25, 0.3) is 5.91 Å². The van der Waals surface area contributed by atoms with Crippen LogP contribution in [0.1, 0.15) is 17.0 Å². The normalized spacial score (nSPS) is 14.5. The van der Waals surface area contributed by atoms with Crippen LogP contribution in [0.2, 0.25) is 0 Å². The van der Waals surface area contributed by atoms with Gasteiger partial charge in [0.1, 0.15) is 5.58 Å². The zero-order valence-corrected chi connectivity index (χ0v) is 19.8. The number of para-hydroxylation sites is 1. The van der Waals surface area contributed by atoms with Gasteiger partial charge in [0, 0.05) is 44.5 Å². The van der Waals surface area contributed by atoms with Crippen molar-refractivity contribution in [2.24, 2.45) is 0 Å². The summed E-state index contributed by atoms with van der Waals surface area (Å²) in [5.74, 6) is -0.0624. The molecule has 9 heteroatoms. The molecule has 5 rings (SSSR count). The van der Waals surface area contributed by atoms with E-state index in [4.69, 9.17) is 4.42 Å². The Hall–Kier alpha value is -3.69. The number of carbonyl (C=O) groups excluding carboxylic acids is 2. The lowest BCUT2D eigenvalue weighted by Crippen LogP contribution is -2.51. The van der Waals surface area contributed by atoms with Gasteiger partial charge >= 0.3 is 0 Å². The minimum atomic E-state index is -3.72. The fourth-order valence-electron chi connectivity index (χ4n) is 4.27. The van der Waals surface area contributed by atoms with Crippen molar-refractivity contribution in [3.8, 4) is 0 Å². The molecule has 3 aromatic carbocycles. The summed E-state index contributed by atoms with van der Waals surface area (Å²) >= 11 is 0. The smallest absolute Gasteiger partial charge is 0.289 e. The fraction of sp³-hybridized carbons (Fsp3) is 0.231. The van der Waals surface area contributed by atoms with Crippen LogP contribution in [-0.4, -0.2) is 62.8 Å². The van der Waals surface area contributed by atoms with E-state index in [1.165, 1.54) is 0 Å². The summed E-state index contributed by atoms with van der Waals surface area (Å²) in [5, 5.41) is 2.66. The second kappa shape index (κ2) is 9.52. The molecule has 1 aromatic heterocycles. The van der Waals surface area contributed by atoms with Crippen molar-refractivity contribution in [1.29, 1.82) is 0 Å². The third-order valence-electron chi connectivity index (χ3n) is 6.22. The number of hydrogen-bond donors (Lipinski definition) is 1. The van der Waals surface area contributed by atoms with E-state index in [1.54, 1.807) is 34.1 Å². The van der Waals surface area contributed by atoms with Crippen molar-refractivity contribution >= 4 is 43.6 Å². The molecule has 0 saturated carbocycles. The highest BCUT2D eigenvalue weighted by molar-refractivity contribution is 7.89. The van der Waals surface area contributed by atoms with Crippen molar-refractivity contribution in [3.63, 3.8) is 0 Å². The maximum absolute atomic E-state index is 12.8. The van der Waals surface area contributed by atoms with Crippen LogP contribution in [0.15, 0.2) is 82.1 Å². The molecule has 1 fully saturated rings. The lowest BCUT2D eigenvalue weighted by molar-refractivity contribution is -0.132. The first-order chi connectivity index (χ1) is 16.9. The van der Waals surface area contributed by atoms with Gasteiger partial charge in [-0.2, -0.15) is 0 Å². The van der Waals surface area contributed by atoms with Gasteiger partial charge in [-0.1, -0.05) is 48.5 Å². The third-order valence-corrected chi connectivity index (χ3v) is 7.68. The number of sulfonamides is 1. The molecule has 1 N–H and O–H groups in total. The lowest BCUT2D eigenvalue weighted by Gasteiger charge is -2.34. The van der Waals surface area contributed by atoms with Crippen LogP contribution in [0.5, 0.6) is 0 Å². The number of carbonyl (C=O) groups is 2. The molecule has 8 nitrogen and oxygen atoms in total. The number of furan rings is 1. The molecule has 2 amide bonds. The molecular formula is C26H25N3O5S. The van der Waals surface area contributed by atoms with E-state index < -0.39 is 10.0 Å². The molecule has 180 valence electrons. The second-order valence-corrected chi connectivity index (χ2v) is 10.2. The summed E-state index contributed by atoms with van der Waals surface area (Å²) in [5.41, 5.74) is 0.663. The molecule has 1 saturated heterocycles. The average Bonchev–Trinajstić information content (AvgIpc) is 3.32. The molecule has 0 bridgehead atoms. The Bertz CT molecular complexity index is 1470. The van der Waals surface area contributed by atoms with Gasteiger partial charge in [-0.15, -0.1) is 0 Å². The number of amides is 2. The van der Waals surface area contributed by atoms with Crippen molar-refractivity contribution in [2.75, 3.05) is 32.7 Å².